The van der Waals surface area contributed by atoms with Gasteiger partial charge in [-0.25, -0.2) is 0 Å². The molecule has 0 bridgehead atoms. The zero-order valence-electron chi connectivity index (χ0n) is 12.2. The Labute approximate surface area is 140 Å². The van der Waals surface area contributed by atoms with Crippen molar-refractivity contribution >= 4 is 33.7 Å². The molecule has 2 aliphatic heterocycles. The Morgan fingerprint density at radius 3 is 2.78 bits per heavy atom. The van der Waals surface area contributed by atoms with E-state index in [0.717, 1.165) is 4.90 Å². The van der Waals surface area contributed by atoms with Crippen molar-refractivity contribution in [1.82, 2.24) is 9.80 Å². The number of carbonyl (C=O) groups is 3. The van der Waals surface area contributed by atoms with Crippen LogP contribution in [0.25, 0.3) is 0 Å². The van der Waals surface area contributed by atoms with Crippen LogP contribution in [0.2, 0.25) is 0 Å². The highest BCUT2D eigenvalue weighted by atomic mass is 79.9. The molecule has 1 atom stereocenters. The SMILES string of the molecule is O=C1c2ccc(Br)cc2C(=O)N1CC(=O)N1CCOCC1CO. The Kier molecular flexibility index (Phi) is 4.47. The third-order valence-corrected chi connectivity index (χ3v) is 4.48. The predicted octanol–water partition coefficient (Wildman–Crippen LogP) is 0.265. The first-order valence-electron chi connectivity index (χ1n) is 7.16. The second-order valence-corrected chi connectivity index (χ2v) is 6.30. The van der Waals surface area contributed by atoms with E-state index >= 15 is 0 Å². The Morgan fingerprint density at radius 1 is 1.30 bits per heavy atom. The topological polar surface area (TPSA) is 87.2 Å². The Balaban J connectivity index is 1.77. The molecule has 7 nitrogen and oxygen atoms in total. The van der Waals surface area contributed by atoms with Crippen LogP contribution < -0.4 is 0 Å². The maximum absolute atomic E-state index is 12.4. The van der Waals surface area contributed by atoms with Crippen LogP contribution in [0.15, 0.2) is 22.7 Å². The maximum Gasteiger partial charge on any atom is 0.262 e. The van der Waals surface area contributed by atoms with Gasteiger partial charge in [-0.15, -0.1) is 0 Å². The molecule has 122 valence electrons. The first-order valence-corrected chi connectivity index (χ1v) is 7.96. The van der Waals surface area contributed by atoms with Crippen LogP contribution in [0, 0.1) is 0 Å². The fourth-order valence-corrected chi connectivity index (χ4v) is 3.13. The van der Waals surface area contributed by atoms with Crippen molar-refractivity contribution < 1.29 is 24.2 Å². The average Bonchev–Trinajstić information content (AvgIpc) is 2.79. The number of carbonyl (C=O) groups excluding carboxylic acids is 3. The minimum atomic E-state index is -0.478. The van der Waals surface area contributed by atoms with E-state index in [-0.39, 0.29) is 31.2 Å². The van der Waals surface area contributed by atoms with Crippen LogP contribution in [0.4, 0.5) is 0 Å². The molecule has 8 heteroatoms. The summed E-state index contributed by atoms with van der Waals surface area (Å²) in [5.41, 5.74) is 0.588. The highest BCUT2D eigenvalue weighted by Gasteiger charge is 2.38. The van der Waals surface area contributed by atoms with Crippen molar-refractivity contribution in [2.45, 2.75) is 6.04 Å². The zero-order valence-corrected chi connectivity index (χ0v) is 13.8. The molecule has 0 radical (unpaired) electrons. The molecule has 0 saturated carbocycles. The second-order valence-electron chi connectivity index (χ2n) is 5.38. The van der Waals surface area contributed by atoms with Gasteiger partial charge in [0.1, 0.15) is 6.54 Å². The molecule has 1 fully saturated rings. The van der Waals surface area contributed by atoms with Gasteiger partial charge in [0.25, 0.3) is 11.8 Å². The van der Waals surface area contributed by atoms with E-state index in [2.05, 4.69) is 15.9 Å². The Bertz CT molecular complexity index is 678. The smallest absolute Gasteiger partial charge is 0.262 e. The summed E-state index contributed by atoms with van der Waals surface area (Å²) in [6, 6.07) is 4.38. The van der Waals surface area contributed by atoms with Crippen molar-refractivity contribution in [3.8, 4) is 0 Å². The molecule has 1 N–H and O–H groups in total. The molecule has 1 unspecified atom stereocenters. The number of rotatable bonds is 3. The van der Waals surface area contributed by atoms with E-state index in [1.54, 1.807) is 18.2 Å². The van der Waals surface area contributed by atoms with E-state index < -0.39 is 17.9 Å². The summed E-state index contributed by atoms with van der Waals surface area (Å²) in [6.07, 6.45) is 0. The molecular weight excluding hydrogens is 368 g/mol. The lowest BCUT2D eigenvalue weighted by atomic mass is 10.1. The van der Waals surface area contributed by atoms with E-state index in [9.17, 15) is 19.5 Å². The molecule has 1 aromatic carbocycles. The quantitative estimate of drug-likeness (QED) is 0.757. The van der Waals surface area contributed by atoms with Crippen LogP contribution >= 0.6 is 15.9 Å². The Hall–Kier alpha value is -1.77. The van der Waals surface area contributed by atoms with Gasteiger partial charge in [-0.05, 0) is 18.2 Å². The summed E-state index contributed by atoms with van der Waals surface area (Å²) in [5, 5.41) is 9.32. The van der Waals surface area contributed by atoms with Crippen molar-refractivity contribution in [3.63, 3.8) is 0 Å². The number of aliphatic hydroxyl groups excluding tert-OH is 1. The fraction of sp³-hybridized carbons (Fsp3) is 0.400. The van der Waals surface area contributed by atoms with Crippen LogP contribution in [-0.2, 0) is 9.53 Å². The van der Waals surface area contributed by atoms with Crippen LogP contribution in [0.5, 0.6) is 0 Å². The maximum atomic E-state index is 12.4. The van der Waals surface area contributed by atoms with Crippen molar-refractivity contribution in [2.24, 2.45) is 0 Å². The second kappa shape index (κ2) is 6.38. The molecule has 2 aliphatic rings. The van der Waals surface area contributed by atoms with Crippen molar-refractivity contribution in [3.05, 3.63) is 33.8 Å². The fourth-order valence-electron chi connectivity index (χ4n) is 2.77. The molecule has 0 aromatic heterocycles. The van der Waals surface area contributed by atoms with E-state index in [0.29, 0.717) is 23.2 Å². The monoisotopic (exact) mass is 382 g/mol. The summed E-state index contributed by atoms with van der Waals surface area (Å²) in [6.45, 7) is 0.397. The third kappa shape index (κ3) is 2.89. The highest BCUT2D eigenvalue weighted by molar-refractivity contribution is 9.10. The molecule has 0 spiro atoms. The number of benzene rings is 1. The minimum absolute atomic E-state index is 0.221. The largest absolute Gasteiger partial charge is 0.394 e. The van der Waals surface area contributed by atoms with Crippen LogP contribution in [0.1, 0.15) is 20.7 Å². The number of amides is 3. The Morgan fingerprint density at radius 2 is 2.04 bits per heavy atom. The van der Waals surface area contributed by atoms with Crippen LogP contribution in [0.3, 0.4) is 0 Å². The van der Waals surface area contributed by atoms with Crippen molar-refractivity contribution in [1.29, 1.82) is 0 Å². The van der Waals surface area contributed by atoms with E-state index in [1.807, 2.05) is 0 Å². The molecule has 0 aliphatic carbocycles. The van der Waals surface area contributed by atoms with Gasteiger partial charge >= 0.3 is 0 Å². The summed E-state index contributed by atoms with van der Waals surface area (Å²) in [5.74, 6) is -1.32. The molecule has 3 amide bonds. The van der Waals surface area contributed by atoms with Gasteiger partial charge in [0.15, 0.2) is 0 Å². The van der Waals surface area contributed by atoms with Gasteiger partial charge in [0.05, 0.1) is 37.0 Å². The molecule has 2 heterocycles. The summed E-state index contributed by atoms with van der Waals surface area (Å²) >= 11 is 3.26. The number of hydrogen-bond acceptors (Lipinski definition) is 5. The lowest BCUT2D eigenvalue weighted by Crippen LogP contribution is -2.53. The van der Waals surface area contributed by atoms with Crippen LogP contribution in [-0.4, -0.2) is 71.6 Å². The van der Waals surface area contributed by atoms with E-state index in [4.69, 9.17) is 4.74 Å². The summed E-state index contributed by atoms with van der Waals surface area (Å²) in [4.78, 5) is 39.5. The number of nitrogens with zero attached hydrogens (tertiary/aromatic N) is 2. The molecule has 1 aromatic rings. The van der Waals surface area contributed by atoms with Crippen molar-refractivity contribution in [2.75, 3.05) is 32.9 Å². The number of morpholine rings is 1. The first kappa shape index (κ1) is 16.1. The summed E-state index contributed by atoms with van der Waals surface area (Å²) in [7, 11) is 0. The number of halogens is 1. The number of aliphatic hydroxyl groups is 1. The molecule has 23 heavy (non-hydrogen) atoms. The highest BCUT2D eigenvalue weighted by Crippen LogP contribution is 2.26. The number of fused-ring (bicyclic) bond motifs is 1. The zero-order chi connectivity index (χ0) is 16.6. The standard InChI is InChI=1S/C15H15BrN2O5/c16-9-1-2-11-12(5-9)15(22)18(14(11)21)6-13(20)17-3-4-23-8-10(17)7-19/h1-2,5,10,19H,3-4,6-8H2. The molecular formula is C15H15BrN2O5. The van der Waals surface area contributed by atoms with Gasteiger partial charge < -0.3 is 14.7 Å². The lowest BCUT2D eigenvalue weighted by molar-refractivity contribution is -0.141. The average molecular weight is 383 g/mol. The van der Waals surface area contributed by atoms with Gasteiger partial charge in [-0.2, -0.15) is 0 Å². The van der Waals surface area contributed by atoms with Gasteiger partial charge in [0.2, 0.25) is 5.91 Å². The molecule has 1 saturated heterocycles. The van der Waals surface area contributed by atoms with Gasteiger partial charge in [-0.3, -0.25) is 19.3 Å². The first-order chi connectivity index (χ1) is 11.0. The van der Waals surface area contributed by atoms with E-state index in [1.165, 1.54) is 4.90 Å². The number of ether oxygens (including phenoxy) is 1. The minimum Gasteiger partial charge on any atom is -0.394 e. The normalized spacial score (nSPS) is 20.9. The van der Waals surface area contributed by atoms with Gasteiger partial charge in [0, 0.05) is 11.0 Å². The number of imide groups is 1. The lowest BCUT2D eigenvalue weighted by Gasteiger charge is -2.35. The third-order valence-electron chi connectivity index (χ3n) is 3.98. The predicted molar refractivity (Wildman–Crippen MR) is 82.9 cm³/mol. The summed E-state index contributed by atoms with van der Waals surface area (Å²) < 4.78 is 5.92. The number of hydrogen-bond donors (Lipinski definition) is 1. The molecule has 3 rings (SSSR count). The van der Waals surface area contributed by atoms with Gasteiger partial charge in [-0.1, -0.05) is 15.9 Å².